The molecule has 14 aromatic heterocycles. The number of aryl methyl sites for hydroxylation is 4. The molecular formula is C104H86ClN29O10. The van der Waals surface area contributed by atoms with E-state index < -0.39 is 0 Å². The van der Waals surface area contributed by atoms with Crippen LogP contribution in [0.1, 0.15) is 103 Å². The highest BCUT2D eigenvalue weighted by atomic mass is 35.5. The second kappa shape index (κ2) is 52.6. The third-order valence-electron chi connectivity index (χ3n) is 18.9. The lowest BCUT2D eigenvalue weighted by Gasteiger charge is -2.19. The van der Waals surface area contributed by atoms with Gasteiger partial charge in [-0.25, -0.2) is 74.8 Å². The van der Waals surface area contributed by atoms with Gasteiger partial charge in [0, 0.05) is 88.8 Å². The van der Waals surface area contributed by atoms with E-state index in [2.05, 4.69) is 148 Å². The topological polar surface area (TPSA) is 489 Å². The molecule has 0 radical (unpaired) electrons. The molecule has 144 heavy (non-hydrogen) atoms. The third-order valence-corrected chi connectivity index (χ3v) is 19.0. The monoisotopic (exact) mass is 1940 g/mol. The summed E-state index contributed by atoms with van der Waals surface area (Å²) in [6.07, 6.45) is 50.5. The average molecular weight is 1940 g/mol. The maximum Gasteiger partial charge on any atom is 0.275 e. The van der Waals surface area contributed by atoms with Gasteiger partial charge in [0.05, 0.1) is 158 Å². The lowest BCUT2D eigenvalue weighted by Crippen LogP contribution is -2.15. The number of nitrogens with zero attached hydrogens (tertiary/aromatic N) is 23. The Hall–Kier alpha value is -20.5. The summed E-state index contributed by atoms with van der Waals surface area (Å²) in [6, 6.07) is 52.6. The van der Waals surface area contributed by atoms with Gasteiger partial charge in [0.2, 0.25) is 11.8 Å². The number of hydrogen-bond acceptors (Lipinski definition) is 33. The van der Waals surface area contributed by atoms with Crippen molar-refractivity contribution in [1.29, 1.82) is 0 Å². The second-order valence-electron chi connectivity index (χ2n) is 29.6. The zero-order chi connectivity index (χ0) is 100. The van der Waals surface area contributed by atoms with E-state index in [0.29, 0.717) is 114 Å². The minimum Gasteiger partial charge on any atom is -0.452 e. The number of nitrogens with one attached hydrogen (secondary N) is 6. The van der Waals surface area contributed by atoms with Crippen molar-refractivity contribution in [2.45, 2.75) is 35.1 Å². The number of ether oxygens (including phenoxy) is 4. The Morgan fingerprint density at radius 2 is 0.632 bits per heavy atom. The number of hydrogen-bond donors (Lipinski definition) is 6. The molecule has 6 N–H and O–H groups in total. The van der Waals surface area contributed by atoms with Crippen molar-refractivity contribution in [3.63, 3.8) is 0 Å². The summed E-state index contributed by atoms with van der Waals surface area (Å²) in [7, 11) is 3.73. The van der Waals surface area contributed by atoms with Gasteiger partial charge in [0.1, 0.15) is 77.6 Å². The fourth-order valence-electron chi connectivity index (χ4n) is 12.2. The summed E-state index contributed by atoms with van der Waals surface area (Å²) in [4.78, 5) is 161. The van der Waals surface area contributed by atoms with E-state index in [1.807, 2.05) is 106 Å². The predicted molar refractivity (Wildman–Crippen MR) is 540 cm³/mol. The summed E-state index contributed by atoms with van der Waals surface area (Å²) < 4.78 is 22.1. The molecule has 0 saturated carbocycles. The Labute approximate surface area is 830 Å². The molecule has 0 atom stereocenters. The second-order valence-corrected chi connectivity index (χ2v) is 30.0. The third kappa shape index (κ3) is 32.4. The zero-order valence-corrected chi connectivity index (χ0v) is 77.5. The molecule has 0 aliphatic heterocycles. The molecule has 0 aliphatic rings. The number of amides is 6. The van der Waals surface area contributed by atoms with E-state index in [-0.39, 0.29) is 59.7 Å². The first-order valence-electron chi connectivity index (χ1n) is 42.6. The maximum atomic E-state index is 12.4. The van der Waals surface area contributed by atoms with Crippen LogP contribution in [0.4, 0.5) is 57.3 Å². The van der Waals surface area contributed by atoms with Crippen molar-refractivity contribution in [2.24, 2.45) is 0 Å². The normalized spacial score (nSPS) is 10.0. The van der Waals surface area contributed by atoms with Crippen LogP contribution in [0, 0.1) is 52.4 Å². The Kier molecular flexibility index (Phi) is 37.4. The van der Waals surface area contributed by atoms with Crippen LogP contribution in [0.15, 0.2) is 344 Å². The lowest BCUT2D eigenvalue weighted by atomic mass is 10.1. The molecule has 39 nitrogen and oxygen atoms in total. The first kappa shape index (κ1) is 102. The number of rotatable bonds is 24. The number of aromatic nitrogens is 21. The van der Waals surface area contributed by atoms with Crippen LogP contribution in [-0.4, -0.2) is 154 Å². The van der Waals surface area contributed by atoms with Crippen LogP contribution in [0.2, 0.25) is 5.15 Å². The number of anilines is 10. The molecular weight excluding hydrogens is 1850 g/mol. The van der Waals surface area contributed by atoms with Crippen molar-refractivity contribution < 1.29 is 47.7 Å². The van der Waals surface area contributed by atoms with Gasteiger partial charge in [-0.05, 0) is 131 Å². The summed E-state index contributed by atoms with van der Waals surface area (Å²) >= 11 is 6.12. The van der Waals surface area contributed by atoms with Gasteiger partial charge in [-0.2, -0.15) is 9.97 Å². The van der Waals surface area contributed by atoms with Crippen LogP contribution >= 0.6 is 11.6 Å². The zero-order valence-electron chi connectivity index (χ0n) is 76.7. The molecule has 0 bridgehead atoms. The minimum atomic E-state index is -0.372. The van der Waals surface area contributed by atoms with E-state index in [1.54, 1.807) is 165 Å². The van der Waals surface area contributed by atoms with Gasteiger partial charge < -0.3 is 60.6 Å². The standard InChI is InChI=1S/C19H15N5O.C18H16ClN5O.C18H12N4O2.C17H14N4O2.C16H13N5O2.C15H12N6O2.CH4/c1-3-14-5-4-6-15(7-14)19(25)23-16-8-17(10-20-9-16)24(2)18-11-21-13-22-12-18;1-12-4-3-5-13(6-12)18(25)23-17-8-14(7-16(19)22-17)24(2)15-9-20-11-21-10-15;1-2-13-4-3-5-14(6-13)18(23)22-15-7-16(9-19-8-15)24-17-10-20-12-21-11-17;1-12-4-2-5-13(8-12)17(22)21-15-6-3-7-16(20-15)23-14-9-18-11-19-10-14;1-11-3-2-4-15(20-11)16(22)21-12-5-13(7-17-6-12)23-14-8-18-10-19-9-14;1-10-3-2-4-12(19-10)15(22)21-13-7-16-8-14(20-13)23-11-5-17-9-18-6-11;/h1,4-13H,2H3,(H,23,25);3-11H,1-2H3,(H,22,23,25);1,3-12H,(H,22,23);2-11H,1H3,(H,20,21,22);2-10H,1H3,(H,21,22);2-9H,1H3,(H,20,21,22);1H4. The van der Waals surface area contributed by atoms with Crippen molar-refractivity contribution in [3.8, 4) is 70.9 Å². The molecule has 0 saturated heterocycles. The summed E-state index contributed by atoms with van der Waals surface area (Å²) in [5, 5.41) is 16.8. The Morgan fingerprint density at radius 3 is 1.09 bits per heavy atom. The maximum absolute atomic E-state index is 12.4. The Bertz CT molecular complexity index is 7160. The summed E-state index contributed by atoms with van der Waals surface area (Å²) in [5.74, 6) is 7.73. The molecule has 40 heteroatoms. The van der Waals surface area contributed by atoms with Crippen molar-refractivity contribution >= 4 is 104 Å². The lowest BCUT2D eigenvalue weighted by molar-refractivity contribution is 0.101. The molecule has 0 unspecified atom stereocenters. The molecule has 18 rings (SSSR count). The SMILES string of the molecule is C.C#Cc1cccc(C(=O)Nc2cncc(N(C)c3cncnc3)c2)c1.C#Cc1cccc(C(=O)Nc2cncc(Oc3cncnc3)c2)c1.Cc1cccc(C(=O)Nc2cc(N(C)c3cncnc3)cc(Cl)n2)c1.Cc1cccc(C(=O)Nc2cccc(Oc3cncnc3)n2)c1.Cc1cccc(C(=O)Nc2cncc(Oc3cncnc3)c2)n1.Cc1cccc(C(=O)Nc2cncc(Oc3cncnc3)n2)n1. The number of benzene rings is 4. The quantitative estimate of drug-likeness (QED) is 0.0242. The minimum absolute atomic E-state index is 0. The molecule has 714 valence electrons. The van der Waals surface area contributed by atoms with Gasteiger partial charge in [-0.3, -0.25) is 48.7 Å². The van der Waals surface area contributed by atoms with Gasteiger partial charge in [-0.15, -0.1) is 12.8 Å². The van der Waals surface area contributed by atoms with Gasteiger partial charge in [-0.1, -0.05) is 96.6 Å². The first-order chi connectivity index (χ1) is 69.5. The number of pyridine rings is 7. The number of terminal acetylenes is 2. The van der Waals surface area contributed by atoms with E-state index in [9.17, 15) is 28.8 Å². The van der Waals surface area contributed by atoms with E-state index in [0.717, 1.165) is 45.3 Å². The molecule has 0 aliphatic carbocycles. The largest absolute Gasteiger partial charge is 0.452 e. The van der Waals surface area contributed by atoms with Gasteiger partial charge in [0.25, 0.3) is 35.4 Å². The Balaban J connectivity index is 0.000000154. The van der Waals surface area contributed by atoms with Gasteiger partial charge in [0.15, 0.2) is 28.8 Å². The molecule has 14 heterocycles. The average Bonchev–Trinajstić information content (AvgIpc) is 0.828. The first-order valence-corrected chi connectivity index (χ1v) is 43.0. The van der Waals surface area contributed by atoms with Crippen LogP contribution in [0.25, 0.3) is 0 Å². The molecule has 6 amide bonds. The summed E-state index contributed by atoms with van der Waals surface area (Å²) in [5.41, 5.74) is 12.3. The van der Waals surface area contributed by atoms with Crippen LogP contribution in [0.3, 0.4) is 0 Å². The fraction of sp³-hybridized carbons (Fsp3) is 0.0673. The van der Waals surface area contributed by atoms with Crippen molar-refractivity contribution in [1.82, 2.24) is 105 Å². The Morgan fingerprint density at radius 1 is 0.285 bits per heavy atom. The van der Waals surface area contributed by atoms with Gasteiger partial charge >= 0.3 is 0 Å². The molecule has 4 aromatic carbocycles. The van der Waals surface area contributed by atoms with Crippen LogP contribution in [0.5, 0.6) is 46.3 Å². The number of halogens is 1. The molecule has 0 spiro atoms. The van der Waals surface area contributed by atoms with E-state index >= 15 is 0 Å². The smallest absolute Gasteiger partial charge is 0.275 e. The molecule has 0 fully saturated rings. The van der Waals surface area contributed by atoms with E-state index in [1.165, 1.54) is 125 Å². The van der Waals surface area contributed by atoms with Crippen molar-refractivity contribution in [3.05, 3.63) is 416 Å². The molecule has 18 aromatic rings. The van der Waals surface area contributed by atoms with Crippen LogP contribution < -0.4 is 60.6 Å². The number of carbonyl (C=O) groups is 6. The predicted octanol–water partition coefficient (Wildman–Crippen LogP) is 18.1. The fourth-order valence-corrected chi connectivity index (χ4v) is 12.4. The number of carbonyl (C=O) groups excluding carboxylic acids is 6. The van der Waals surface area contributed by atoms with Crippen molar-refractivity contribution in [2.75, 3.05) is 55.8 Å². The summed E-state index contributed by atoms with van der Waals surface area (Å²) in [6.45, 7) is 7.51. The van der Waals surface area contributed by atoms with E-state index in [4.69, 9.17) is 43.4 Å². The van der Waals surface area contributed by atoms with Crippen LogP contribution in [-0.2, 0) is 0 Å². The highest BCUT2D eigenvalue weighted by Crippen LogP contribution is 2.31. The highest BCUT2D eigenvalue weighted by Gasteiger charge is 2.19. The highest BCUT2D eigenvalue weighted by molar-refractivity contribution is 6.30.